The van der Waals surface area contributed by atoms with E-state index in [0.29, 0.717) is 6.10 Å². The first-order valence-corrected chi connectivity index (χ1v) is 7.50. The van der Waals surface area contributed by atoms with Crippen LogP contribution in [0.5, 0.6) is 0 Å². The van der Waals surface area contributed by atoms with E-state index in [9.17, 15) is 0 Å². The molecule has 0 amide bonds. The summed E-state index contributed by atoms with van der Waals surface area (Å²) in [6.07, 6.45) is 4.08. The lowest BCUT2D eigenvalue weighted by atomic mass is 10.1. The average molecular weight is 270 g/mol. The van der Waals surface area contributed by atoms with E-state index in [1.54, 1.807) is 0 Å². The minimum absolute atomic E-state index is 0.387. The second-order valence-corrected chi connectivity index (χ2v) is 5.56. The van der Waals surface area contributed by atoms with Crippen LogP contribution in [-0.2, 0) is 11.3 Å². The first-order chi connectivity index (χ1) is 9.83. The molecule has 1 aromatic heterocycles. The molecule has 1 aromatic carbocycles. The minimum Gasteiger partial charge on any atom is -0.377 e. The molecule has 2 heterocycles. The van der Waals surface area contributed by atoms with E-state index in [0.717, 1.165) is 30.9 Å². The summed E-state index contributed by atoms with van der Waals surface area (Å²) in [4.78, 5) is 4.58. The van der Waals surface area contributed by atoms with Crippen molar-refractivity contribution >= 4 is 10.9 Å². The lowest BCUT2D eigenvalue weighted by Crippen LogP contribution is -2.31. The predicted molar refractivity (Wildman–Crippen MR) is 81.8 cm³/mol. The molecule has 1 saturated heterocycles. The van der Waals surface area contributed by atoms with Crippen molar-refractivity contribution in [2.45, 2.75) is 38.8 Å². The van der Waals surface area contributed by atoms with Crippen molar-refractivity contribution in [3.8, 4) is 0 Å². The van der Waals surface area contributed by atoms with Crippen molar-refractivity contribution in [1.29, 1.82) is 0 Å². The molecule has 1 N–H and O–H groups in total. The van der Waals surface area contributed by atoms with Gasteiger partial charge in [-0.3, -0.25) is 4.98 Å². The highest BCUT2D eigenvalue weighted by atomic mass is 16.5. The number of rotatable bonds is 4. The number of para-hydroxylation sites is 1. The number of ether oxygens (including phenoxy) is 1. The summed E-state index contributed by atoms with van der Waals surface area (Å²) in [5.41, 5.74) is 3.48. The predicted octanol–water partition coefficient (Wildman–Crippen LogP) is 3.20. The Labute approximate surface area is 120 Å². The number of aryl methyl sites for hydroxylation is 1. The van der Waals surface area contributed by atoms with E-state index < -0.39 is 0 Å². The molecule has 1 aliphatic rings. The summed E-state index contributed by atoms with van der Waals surface area (Å²) in [5.74, 6) is 0. The monoisotopic (exact) mass is 270 g/mol. The van der Waals surface area contributed by atoms with Crippen LogP contribution in [0.1, 0.15) is 30.5 Å². The highest BCUT2D eigenvalue weighted by molar-refractivity contribution is 5.82. The molecule has 0 saturated carbocycles. The first-order valence-electron chi connectivity index (χ1n) is 7.50. The van der Waals surface area contributed by atoms with Gasteiger partial charge in [0, 0.05) is 30.8 Å². The Kier molecular flexibility index (Phi) is 4.28. The molecule has 0 radical (unpaired) electrons. The largest absolute Gasteiger partial charge is 0.377 e. The highest BCUT2D eigenvalue weighted by Gasteiger charge is 2.13. The standard InChI is InChI=1S/C17H22N2O/c1-13-10-14(16-7-2-3-8-17(16)19-13)11-18-12-15-6-4-5-9-20-15/h2-3,7-8,10,15,18H,4-6,9,11-12H2,1H3. The third-order valence-electron chi connectivity index (χ3n) is 3.89. The van der Waals surface area contributed by atoms with E-state index >= 15 is 0 Å². The lowest BCUT2D eigenvalue weighted by Gasteiger charge is -2.23. The number of hydrogen-bond donors (Lipinski definition) is 1. The zero-order valence-electron chi connectivity index (χ0n) is 12.1. The van der Waals surface area contributed by atoms with Crippen molar-refractivity contribution in [2.24, 2.45) is 0 Å². The van der Waals surface area contributed by atoms with Gasteiger partial charge < -0.3 is 10.1 Å². The molecule has 3 rings (SSSR count). The quantitative estimate of drug-likeness (QED) is 0.926. The maximum atomic E-state index is 5.75. The third-order valence-corrected chi connectivity index (χ3v) is 3.89. The Morgan fingerprint density at radius 1 is 1.30 bits per heavy atom. The van der Waals surface area contributed by atoms with E-state index in [-0.39, 0.29) is 0 Å². The molecule has 2 aromatic rings. The summed E-state index contributed by atoms with van der Waals surface area (Å²) in [7, 11) is 0. The van der Waals surface area contributed by atoms with Crippen LogP contribution in [0.3, 0.4) is 0 Å². The van der Waals surface area contributed by atoms with Crippen LogP contribution < -0.4 is 5.32 Å². The number of nitrogens with one attached hydrogen (secondary N) is 1. The Morgan fingerprint density at radius 3 is 3.05 bits per heavy atom. The SMILES string of the molecule is Cc1cc(CNCC2CCCCO2)c2ccccc2n1. The molecule has 3 heteroatoms. The number of fused-ring (bicyclic) bond motifs is 1. The Morgan fingerprint density at radius 2 is 2.20 bits per heavy atom. The molecule has 0 aliphatic carbocycles. The smallest absolute Gasteiger partial charge is 0.0708 e. The first kappa shape index (κ1) is 13.5. The van der Waals surface area contributed by atoms with Crippen LogP contribution in [0, 0.1) is 6.92 Å². The molecule has 20 heavy (non-hydrogen) atoms. The maximum Gasteiger partial charge on any atom is 0.0708 e. The number of hydrogen-bond acceptors (Lipinski definition) is 3. The minimum atomic E-state index is 0.387. The van der Waals surface area contributed by atoms with Gasteiger partial charge in [-0.05, 0) is 43.9 Å². The molecular weight excluding hydrogens is 248 g/mol. The third kappa shape index (κ3) is 3.17. The van der Waals surface area contributed by atoms with Crippen LogP contribution in [0.25, 0.3) is 10.9 Å². The summed E-state index contributed by atoms with van der Waals surface area (Å²) < 4.78 is 5.75. The maximum absolute atomic E-state index is 5.75. The second-order valence-electron chi connectivity index (χ2n) is 5.56. The lowest BCUT2D eigenvalue weighted by molar-refractivity contribution is 0.0168. The van der Waals surface area contributed by atoms with Gasteiger partial charge in [0.25, 0.3) is 0 Å². The van der Waals surface area contributed by atoms with Gasteiger partial charge in [0.15, 0.2) is 0 Å². The van der Waals surface area contributed by atoms with E-state index in [2.05, 4.69) is 41.5 Å². The van der Waals surface area contributed by atoms with Crippen LogP contribution in [-0.4, -0.2) is 24.2 Å². The van der Waals surface area contributed by atoms with Crippen LogP contribution in [0.2, 0.25) is 0 Å². The number of nitrogens with zero attached hydrogens (tertiary/aromatic N) is 1. The van der Waals surface area contributed by atoms with Crippen molar-refractivity contribution in [3.05, 3.63) is 41.6 Å². The highest BCUT2D eigenvalue weighted by Crippen LogP contribution is 2.18. The fraction of sp³-hybridized carbons (Fsp3) is 0.471. The van der Waals surface area contributed by atoms with Gasteiger partial charge >= 0.3 is 0 Å². The molecule has 1 atom stereocenters. The van der Waals surface area contributed by atoms with Gasteiger partial charge in [-0.2, -0.15) is 0 Å². The molecule has 1 aliphatic heterocycles. The van der Waals surface area contributed by atoms with E-state index in [4.69, 9.17) is 4.74 Å². The van der Waals surface area contributed by atoms with Crippen molar-refractivity contribution < 1.29 is 4.74 Å². The molecular formula is C17H22N2O. The number of benzene rings is 1. The summed E-state index contributed by atoms with van der Waals surface area (Å²) in [5, 5.41) is 4.78. The van der Waals surface area contributed by atoms with Gasteiger partial charge in [-0.15, -0.1) is 0 Å². The van der Waals surface area contributed by atoms with Crippen molar-refractivity contribution in [3.63, 3.8) is 0 Å². The fourth-order valence-electron chi connectivity index (χ4n) is 2.88. The van der Waals surface area contributed by atoms with Gasteiger partial charge in [-0.1, -0.05) is 18.2 Å². The van der Waals surface area contributed by atoms with Crippen LogP contribution in [0.15, 0.2) is 30.3 Å². The molecule has 1 unspecified atom stereocenters. The molecule has 0 spiro atoms. The van der Waals surface area contributed by atoms with Crippen LogP contribution in [0.4, 0.5) is 0 Å². The summed E-state index contributed by atoms with van der Waals surface area (Å²) in [6.45, 7) is 4.79. The molecule has 106 valence electrons. The molecule has 0 bridgehead atoms. The summed E-state index contributed by atoms with van der Waals surface area (Å²) in [6, 6.07) is 10.5. The van der Waals surface area contributed by atoms with Crippen molar-refractivity contribution in [2.75, 3.05) is 13.2 Å². The van der Waals surface area contributed by atoms with Gasteiger partial charge in [0.05, 0.1) is 11.6 Å². The van der Waals surface area contributed by atoms with E-state index in [1.807, 2.05) is 6.07 Å². The van der Waals surface area contributed by atoms with E-state index in [1.165, 1.54) is 30.2 Å². The zero-order chi connectivity index (χ0) is 13.8. The topological polar surface area (TPSA) is 34.1 Å². The zero-order valence-corrected chi connectivity index (χ0v) is 12.1. The summed E-state index contributed by atoms with van der Waals surface area (Å²) >= 11 is 0. The van der Waals surface area contributed by atoms with Crippen molar-refractivity contribution in [1.82, 2.24) is 10.3 Å². The van der Waals surface area contributed by atoms with Gasteiger partial charge in [0.1, 0.15) is 0 Å². The molecule has 3 nitrogen and oxygen atoms in total. The Bertz CT molecular complexity index is 576. The second kappa shape index (κ2) is 6.33. The normalized spacial score (nSPS) is 19.4. The van der Waals surface area contributed by atoms with Gasteiger partial charge in [-0.25, -0.2) is 0 Å². The number of pyridine rings is 1. The number of aromatic nitrogens is 1. The fourth-order valence-corrected chi connectivity index (χ4v) is 2.88. The molecule has 1 fully saturated rings. The average Bonchev–Trinajstić information content (AvgIpc) is 2.48. The van der Waals surface area contributed by atoms with Gasteiger partial charge in [0.2, 0.25) is 0 Å². The Balaban J connectivity index is 1.67. The Hall–Kier alpha value is -1.45. The van der Waals surface area contributed by atoms with Crippen LogP contribution >= 0.6 is 0 Å².